The van der Waals surface area contributed by atoms with Crippen molar-refractivity contribution in [1.29, 1.82) is 0 Å². The fraction of sp³-hybridized carbons (Fsp3) is 0.308. The highest BCUT2D eigenvalue weighted by molar-refractivity contribution is 7.11. The summed E-state index contributed by atoms with van der Waals surface area (Å²) in [4.78, 5) is 22.4. The summed E-state index contributed by atoms with van der Waals surface area (Å²) in [6.45, 7) is 0.726. The Hall–Kier alpha value is -1.17. The van der Waals surface area contributed by atoms with Crippen LogP contribution >= 0.6 is 34.5 Å². The van der Waals surface area contributed by atoms with Crippen molar-refractivity contribution in [3.05, 3.63) is 44.6 Å². The number of hydrogen-bond donors (Lipinski definition) is 0. The molecule has 1 atom stereocenters. The molecule has 1 aliphatic heterocycles. The van der Waals surface area contributed by atoms with Crippen molar-refractivity contribution in [3.8, 4) is 0 Å². The monoisotopic (exact) mass is 327 g/mol. The second kappa shape index (κ2) is 5.68. The first-order valence-electron chi connectivity index (χ1n) is 6.18. The second-order valence-corrected chi connectivity index (χ2v) is 6.19. The quantitative estimate of drug-likeness (QED) is 0.787. The van der Waals surface area contributed by atoms with Gasteiger partial charge in [-0.25, -0.2) is 9.97 Å². The standard InChI is InChI=1S/C13H11Cl2N3OS/c14-9-6-8(7-17-11(9)15)10-2-1-4-18(10)13(19)12-16-3-5-20-12/h3,5-7,10H,1-2,4H2. The van der Waals surface area contributed by atoms with Crippen molar-refractivity contribution >= 4 is 40.4 Å². The van der Waals surface area contributed by atoms with Crippen LogP contribution in [-0.2, 0) is 0 Å². The minimum absolute atomic E-state index is 0.00586. The van der Waals surface area contributed by atoms with E-state index in [4.69, 9.17) is 23.2 Å². The predicted octanol–water partition coefficient (Wildman–Crippen LogP) is 3.82. The van der Waals surface area contributed by atoms with Crippen molar-refractivity contribution in [3.63, 3.8) is 0 Å². The Morgan fingerprint density at radius 3 is 2.95 bits per heavy atom. The topological polar surface area (TPSA) is 46.1 Å². The van der Waals surface area contributed by atoms with Gasteiger partial charge in [-0.3, -0.25) is 4.79 Å². The molecule has 3 rings (SSSR count). The molecule has 2 aromatic rings. The van der Waals surface area contributed by atoms with Gasteiger partial charge in [0.15, 0.2) is 5.01 Å². The van der Waals surface area contributed by atoms with E-state index < -0.39 is 0 Å². The smallest absolute Gasteiger partial charge is 0.283 e. The van der Waals surface area contributed by atoms with Crippen LogP contribution in [0.5, 0.6) is 0 Å². The van der Waals surface area contributed by atoms with Crippen LogP contribution in [0, 0.1) is 0 Å². The molecule has 4 nitrogen and oxygen atoms in total. The molecule has 0 aliphatic carbocycles. The Kier molecular flexibility index (Phi) is 3.92. The SMILES string of the molecule is O=C(c1nccs1)N1CCCC1c1cnc(Cl)c(Cl)c1. The zero-order valence-electron chi connectivity index (χ0n) is 10.4. The van der Waals surface area contributed by atoms with Gasteiger partial charge in [-0.15, -0.1) is 11.3 Å². The van der Waals surface area contributed by atoms with Gasteiger partial charge in [0.25, 0.3) is 5.91 Å². The predicted molar refractivity (Wildman–Crippen MR) is 79.4 cm³/mol. The number of aromatic nitrogens is 2. The lowest BCUT2D eigenvalue weighted by Gasteiger charge is -2.24. The highest BCUT2D eigenvalue weighted by Gasteiger charge is 2.32. The Balaban J connectivity index is 1.88. The van der Waals surface area contributed by atoms with Gasteiger partial charge in [0.1, 0.15) is 5.15 Å². The number of likely N-dealkylation sites (tertiary alicyclic amines) is 1. The van der Waals surface area contributed by atoms with E-state index in [1.807, 2.05) is 4.90 Å². The lowest BCUT2D eigenvalue weighted by molar-refractivity contribution is 0.0735. The van der Waals surface area contributed by atoms with Gasteiger partial charge in [-0.1, -0.05) is 23.2 Å². The molecule has 0 N–H and O–H groups in total. The fourth-order valence-corrected chi connectivity index (χ4v) is 3.30. The third kappa shape index (κ3) is 2.53. The summed E-state index contributed by atoms with van der Waals surface area (Å²) < 4.78 is 0. The van der Waals surface area contributed by atoms with Crippen molar-refractivity contribution in [1.82, 2.24) is 14.9 Å². The molecule has 1 amide bonds. The first kappa shape index (κ1) is 13.8. The first-order valence-corrected chi connectivity index (χ1v) is 7.82. The summed E-state index contributed by atoms with van der Waals surface area (Å²) >= 11 is 13.2. The van der Waals surface area contributed by atoms with Crippen molar-refractivity contribution in [2.24, 2.45) is 0 Å². The van der Waals surface area contributed by atoms with Crippen LogP contribution in [0.15, 0.2) is 23.8 Å². The third-order valence-corrected chi connectivity index (χ3v) is 4.78. The van der Waals surface area contributed by atoms with E-state index in [9.17, 15) is 4.79 Å². The molecule has 0 saturated carbocycles. The highest BCUT2D eigenvalue weighted by atomic mass is 35.5. The Bertz CT molecular complexity index is 633. The number of carbonyl (C=O) groups is 1. The largest absolute Gasteiger partial charge is 0.329 e. The molecule has 0 radical (unpaired) electrons. The van der Waals surface area contributed by atoms with Crippen LogP contribution in [0.3, 0.4) is 0 Å². The van der Waals surface area contributed by atoms with Gasteiger partial charge in [0.05, 0.1) is 11.1 Å². The van der Waals surface area contributed by atoms with E-state index in [0.29, 0.717) is 10.0 Å². The van der Waals surface area contributed by atoms with E-state index in [1.165, 1.54) is 11.3 Å². The number of rotatable bonds is 2. The summed E-state index contributed by atoms with van der Waals surface area (Å²) in [5.41, 5.74) is 0.918. The van der Waals surface area contributed by atoms with Crippen molar-refractivity contribution in [2.45, 2.75) is 18.9 Å². The van der Waals surface area contributed by atoms with Crippen molar-refractivity contribution in [2.75, 3.05) is 6.54 Å². The molecule has 0 spiro atoms. The van der Waals surface area contributed by atoms with E-state index in [0.717, 1.165) is 24.9 Å². The average Bonchev–Trinajstić information content (AvgIpc) is 3.11. The van der Waals surface area contributed by atoms with Gasteiger partial charge < -0.3 is 4.90 Å². The summed E-state index contributed by atoms with van der Waals surface area (Å²) in [7, 11) is 0. The minimum Gasteiger partial charge on any atom is -0.329 e. The number of carbonyl (C=O) groups excluding carboxylic acids is 1. The molecule has 104 valence electrons. The van der Waals surface area contributed by atoms with Gasteiger partial charge in [-0.05, 0) is 24.5 Å². The number of amides is 1. The highest BCUT2D eigenvalue weighted by Crippen LogP contribution is 2.35. The second-order valence-electron chi connectivity index (χ2n) is 4.54. The van der Waals surface area contributed by atoms with Crippen LogP contribution in [0.4, 0.5) is 0 Å². The molecule has 1 fully saturated rings. The number of hydrogen-bond acceptors (Lipinski definition) is 4. The van der Waals surface area contributed by atoms with E-state index in [1.54, 1.807) is 23.8 Å². The molecule has 3 heterocycles. The average molecular weight is 328 g/mol. The normalized spacial score (nSPS) is 18.5. The maximum absolute atomic E-state index is 12.4. The van der Waals surface area contributed by atoms with Crippen LogP contribution in [0.2, 0.25) is 10.2 Å². The Morgan fingerprint density at radius 2 is 2.25 bits per heavy atom. The van der Waals surface area contributed by atoms with Crippen LogP contribution in [0.25, 0.3) is 0 Å². The van der Waals surface area contributed by atoms with Gasteiger partial charge in [-0.2, -0.15) is 0 Å². The minimum atomic E-state index is -0.0337. The van der Waals surface area contributed by atoms with Crippen LogP contribution in [-0.4, -0.2) is 27.3 Å². The molecular formula is C13H11Cl2N3OS. The molecule has 20 heavy (non-hydrogen) atoms. The summed E-state index contributed by atoms with van der Waals surface area (Å²) in [6, 6.07) is 1.78. The Labute approximate surface area is 130 Å². The zero-order chi connectivity index (χ0) is 14.1. The lowest BCUT2D eigenvalue weighted by Crippen LogP contribution is -2.30. The Morgan fingerprint density at radius 1 is 1.40 bits per heavy atom. The van der Waals surface area contributed by atoms with Crippen LogP contribution < -0.4 is 0 Å². The number of halogens is 2. The van der Waals surface area contributed by atoms with Gasteiger partial charge >= 0.3 is 0 Å². The lowest BCUT2D eigenvalue weighted by atomic mass is 10.1. The molecular weight excluding hydrogens is 317 g/mol. The molecule has 0 aromatic carbocycles. The third-order valence-electron chi connectivity index (χ3n) is 3.33. The van der Waals surface area contributed by atoms with Gasteiger partial charge in [0.2, 0.25) is 0 Å². The number of nitrogens with zero attached hydrogens (tertiary/aromatic N) is 3. The molecule has 2 aromatic heterocycles. The van der Waals surface area contributed by atoms with Crippen molar-refractivity contribution < 1.29 is 4.79 Å². The molecule has 1 unspecified atom stereocenters. The molecule has 1 saturated heterocycles. The van der Waals surface area contributed by atoms with E-state index >= 15 is 0 Å². The van der Waals surface area contributed by atoms with E-state index in [-0.39, 0.29) is 17.1 Å². The van der Waals surface area contributed by atoms with Gasteiger partial charge in [0, 0.05) is 24.3 Å². The molecule has 0 bridgehead atoms. The maximum atomic E-state index is 12.4. The summed E-state index contributed by atoms with van der Waals surface area (Å²) in [5, 5.41) is 3.02. The maximum Gasteiger partial charge on any atom is 0.283 e. The van der Waals surface area contributed by atoms with E-state index in [2.05, 4.69) is 9.97 Å². The first-order chi connectivity index (χ1) is 9.66. The number of thiazole rings is 1. The summed E-state index contributed by atoms with van der Waals surface area (Å²) in [6.07, 6.45) is 5.19. The fourth-order valence-electron chi connectivity index (χ4n) is 2.43. The number of pyridine rings is 1. The summed E-state index contributed by atoms with van der Waals surface area (Å²) in [5.74, 6) is -0.0337. The van der Waals surface area contributed by atoms with Crippen LogP contribution in [0.1, 0.15) is 34.2 Å². The zero-order valence-corrected chi connectivity index (χ0v) is 12.8. The molecule has 7 heteroatoms. The molecule has 1 aliphatic rings.